The van der Waals surface area contributed by atoms with Gasteiger partial charge in [0, 0.05) is 13.0 Å². The van der Waals surface area contributed by atoms with Crippen LogP contribution in [0.15, 0.2) is 30.3 Å². The first kappa shape index (κ1) is 20.3. The second-order valence-corrected chi connectivity index (χ2v) is 8.74. The summed E-state index contributed by atoms with van der Waals surface area (Å²) in [4.78, 5) is 15.2. The van der Waals surface area contributed by atoms with E-state index in [0.29, 0.717) is 24.8 Å². The van der Waals surface area contributed by atoms with Crippen LogP contribution in [-0.4, -0.2) is 43.5 Å². The lowest BCUT2D eigenvalue weighted by atomic mass is 9.85. The van der Waals surface area contributed by atoms with Gasteiger partial charge in [-0.2, -0.15) is 0 Å². The minimum Gasteiger partial charge on any atom is -0.354 e. The molecule has 4 nitrogen and oxygen atoms in total. The number of hydrogen-bond donors (Lipinski definition) is 2. The highest BCUT2D eigenvalue weighted by Crippen LogP contribution is 2.27. The average molecular weight is 372 g/mol. The van der Waals surface area contributed by atoms with Crippen LogP contribution in [0.4, 0.5) is 0 Å². The molecule has 1 aromatic carbocycles. The molecule has 0 radical (unpaired) electrons. The van der Waals surface area contributed by atoms with E-state index in [4.69, 9.17) is 0 Å². The van der Waals surface area contributed by atoms with Crippen LogP contribution in [0.25, 0.3) is 0 Å². The zero-order valence-electron chi connectivity index (χ0n) is 17.1. The summed E-state index contributed by atoms with van der Waals surface area (Å²) in [5.74, 6) is 2.11. The minimum atomic E-state index is 0.208. The molecule has 3 unspecified atom stereocenters. The number of benzene rings is 1. The van der Waals surface area contributed by atoms with E-state index in [1.807, 2.05) is 0 Å². The Morgan fingerprint density at radius 2 is 1.96 bits per heavy atom. The van der Waals surface area contributed by atoms with E-state index in [2.05, 4.69) is 59.7 Å². The van der Waals surface area contributed by atoms with Gasteiger partial charge in [0.2, 0.25) is 5.91 Å². The van der Waals surface area contributed by atoms with Crippen molar-refractivity contribution in [3.63, 3.8) is 0 Å². The van der Waals surface area contributed by atoms with E-state index in [1.165, 1.54) is 31.2 Å². The number of piperidine rings is 2. The fourth-order valence-electron chi connectivity index (χ4n) is 4.58. The van der Waals surface area contributed by atoms with Crippen molar-refractivity contribution in [1.82, 2.24) is 15.5 Å². The highest BCUT2D eigenvalue weighted by Gasteiger charge is 2.26. The van der Waals surface area contributed by atoms with E-state index < -0.39 is 0 Å². The molecule has 0 aromatic heterocycles. The summed E-state index contributed by atoms with van der Waals surface area (Å²) < 4.78 is 0. The fourth-order valence-corrected chi connectivity index (χ4v) is 4.58. The van der Waals surface area contributed by atoms with Crippen LogP contribution >= 0.6 is 0 Å². The summed E-state index contributed by atoms with van der Waals surface area (Å²) in [5, 5.41) is 6.73. The molecule has 0 bridgehead atoms. The lowest BCUT2D eigenvalue weighted by Gasteiger charge is -2.37. The molecule has 2 heterocycles. The van der Waals surface area contributed by atoms with Crippen molar-refractivity contribution in [1.29, 1.82) is 0 Å². The largest absolute Gasteiger partial charge is 0.354 e. The molecular formula is C23H37N3O. The number of amides is 1. The SMILES string of the molecule is CC1CCN(C(CNC(=O)CC(C)C2CCCNC2)c2ccccc2)CC1. The molecule has 150 valence electrons. The van der Waals surface area contributed by atoms with Crippen molar-refractivity contribution in [3.8, 4) is 0 Å². The van der Waals surface area contributed by atoms with E-state index >= 15 is 0 Å². The summed E-state index contributed by atoms with van der Waals surface area (Å²) in [5.41, 5.74) is 1.32. The Morgan fingerprint density at radius 3 is 2.63 bits per heavy atom. The Morgan fingerprint density at radius 1 is 1.22 bits per heavy atom. The average Bonchev–Trinajstić information content (AvgIpc) is 2.71. The molecule has 4 heteroatoms. The predicted octanol–water partition coefficient (Wildman–Crippen LogP) is 3.60. The van der Waals surface area contributed by atoms with Gasteiger partial charge in [-0.1, -0.05) is 44.2 Å². The number of likely N-dealkylation sites (tertiary alicyclic amines) is 1. The van der Waals surface area contributed by atoms with Crippen molar-refractivity contribution in [2.45, 2.75) is 52.0 Å². The summed E-state index contributed by atoms with van der Waals surface area (Å²) in [6.45, 7) is 9.74. The summed E-state index contributed by atoms with van der Waals surface area (Å²) in [7, 11) is 0. The normalized spacial score (nSPS) is 24.3. The maximum Gasteiger partial charge on any atom is 0.220 e. The van der Waals surface area contributed by atoms with Gasteiger partial charge in [0.1, 0.15) is 0 Å². The molecule has 0 saturated carbocycles. The van der Waals surface area contributed by atoms with E-state index in [9.17, 15) is 4.79 Å². The number of hydrogen-bond acceptors (Lipinski definition) is 3. The Kier molecular flexibility index (Phi) is 7.71. The van der Waals surface area contributed by atoms with Crippen LogP contribution in [0.1, 0.15) is 57.6 Å². The summed E-state index contributed by atoms with van der Waals surface area (Å²) in [6, 6.07) is 11.0. The lowest BCUT2D eigenvalue weighted by Crippen LogP contribution is -2.42. The van der Waals surface area contributed by atoms with Crippen LogP contribution < -0.4 is 10.6 Å². The van der Waals surface area contributed by atoms with Gasteiger partial charge in [-0.3, -0.25) is 9.69 Å². The van der Waals surface area contributed by atoms with Gasteiger partial charge >= 0.3 is 0 Å². The molecule has 2 aliphatic heterocycles. The highest BCUT2D eigenvalue weighted by molar-refractivity contribution is 5.76. The highest BCUT2D eigenvalue weighted by atomic mass is 16.1. The Balaban J connectivity index is 1.54. The van der Waals surface area contributed by atoms with Gasteiger partial charge in [-0.05, 0) is 75.2 Å². The molecule has 27 heavy (non-hydrogen) atoms. The zero-order valence-corrected chi connectivity index (χ0v) is 17.1. The topological polar surface area (TPSA) is 44.4 Å². The molecule has 2 fully saturated rings. The maximum absolute atomic E-state index is 12.6. The second kappa shape index (κ2) is 10.2. The second-order valence-electron chi connectivity index (χ2n) is 8.74. The number of nitrogens with zero attached hydrogens (tertiary/aromatic N) is 1. The predicted molar refractivity (Wildman–Crippen MR) is 112 cm³/mol. The maximum atomic E-state index is 12.6. The first-order chi connectivity index (χ1) is 13.1. The fraction of sp³-hybridized carbons (Fsp3) is 0.696. The molecule has 0 aliphatic carbocycles. The van der Waals surface area contributed by atoms with Gasteiger partial charge in [-0.15, -0.1) is 0 Å². The zero-order chi connectivity index (χ0) is 19.1. The third kappa shape index (κ3) is 6.05. The van der Waals surface area contributed by atoms with Crippen LogP contribution in [0, 0.1) is 17.8 Å². The van der Waals surface area contributed by atoms with Crippen LogP contribution in [0.5, 0.6) is 0 Å². The molecule has 2 aliphatic rings. The van der Waals surface area contributed by atoms with E-state index in [0.717, 1.165) is 32.1 Å². The molecule has 2 saturated heterocycles. The standard InChI is InChI=1S/C23H37N3O/c1-18-10-13-26(14-11-18)22(20-7-4-3-5-8-20)17-25-23(27)15-19(2)21-9-6-12-24-16-21/h3-5,7-8,18-19,21-22,24H,6,9-17H2,1-2H3,(H,25,27). The first-order valence-electron chi connectivity index (χ1n) is 10.9. The number of rotatable bonds is 7. The van der Waals surface area contributed by atoms with Gasteiger partial charge in [0.05, 0.1) is 6.04 Å². The van der Waals surface area contributed by atoms with E-state index in [1.54, 1.807) is 0 Å². The lowest BCUT2D eigenvalue weighted by molar-refractivity contribution is -0.122. The Labute approximate surface area is 165 Å². The molecule has 0 spiro atoms. The van der Waals surface area contributed by atoms with Gasteiger partial charge in [-0.25, -0.2) is 0 Å². The minimum absolute atomic E-state index is 0.208. The summed E-state index contributed by atoms with van der Waals surface area (Å²) in [6.07, 6.45) is 5.64. The third-order valence-corrected chi connectivity index (χ3v) is 6.58. The van der Waals surface area contributed by atoms with Crippen molar-refractivity contribution in [2.24, 2.45) is 17.8 Å². The molecule has 2 N–H and O–H groups in total. The van der Waals surface area contributed by atoms with Crippen molar-refractivity contribution < 1.29 is 4.79 Å². The van der Waals surface area contributed by atoms with Gasteiger partial charge < -0.3 is 10.6 Å². The Hall–Kier alpha value is -1.39. The third-order valence-electron chi connectivity index (χ3n) is 6.58. The molecular weight excluding hydrogens is 334 g/mol. The summed E-state index contributed by atoms with van der Waals surface area (Å²) >= 11 is 0. The van der Waals surface area contributed by atoms with Gasteiger partial charge in [0.25, 0.3) is 0 Å². The number of nitrogens with one attached hydrogen (secondary N) is 2. The monoisotopic (exact) mass is 371 g/mol. The number of carbonyl (C=O) groups excluding carboxylic acids is 1. The van der Waals surface area contributed by atoms with Gasteiger partial charge in [0.15, 0.2) is 0 Å². The number of carbonyl (C=O) groups is 1. The van der Waals surface area contributed by atoms with Crippen molar-refractivity contribution >= 4 is 5.91 Å². The smallest absolute Gasteiger partial charge is 0.220 e. The van der Waals surface area contributed by atoms with Crippen LogP contribution in [0.3, 0.4) is 0 Å². The molecule has 1 aromatic rings. The van der Waals surface area contributed by atoms with Crippen molar-refractivity contribution in [3.05, 3.63) is 35.9 Å². The van der Waals surface area contributed by atoms with Crippen LogP contribution in [0.2, 0.25) is 0 Å². The molecule has 1 amide bonds. The molecule has 3 rings (SSSR count). The van der Waals surface area contributed by atoms with E-state index in [-0.39, 0.29) is 11.9 Å². The molecule has 3 atom stereocenters. The Bertz CT molecular complexity index is 562. The first-order valence-corrected chi connectivity index (χ1v) is 10.9. The van der Waals surface area contributed by atoms with Crippen molar-refractivity contribution in [2.75, 3.05) is 32.7 Å². The quantitative estimate of drug-likeness (QED) is 0.770. The van der Waals surface area contributed by atoms with Crippen LogP contribution in [-0.2, 0) is 4.79 Å².